The molecule has 78 valence electrons. The van der Waals surface area contributed by atoms with Gasteiger partial charge < -0.3 is 10.2 Å². The Balaban J connectivity index is 2.29. The quantitative estimate of drug-likeness (QED) is 0.705. The maximum Gasteiger partial charge on any atom is 0.0362 e. The Morgan fingerprint density at radius 3 is 2.92 bits per heavy atom. The first kappa shape index (κ1) is 11.1. The Bertz CT molecular complexity index is 175. The topological polar surface area (TPSA) is 32.3 Å². The van der Waals surface area contributed by atoms with Gasteiger partial charge in [0.1, 0.15) is 0 Å². The van der Waals surface area contributed by atoms with Crippen molar-refractivity contribution in [2.24, 2.45) is 0 Å². The normalized spacial score (nSPS) is 28.3. The van der Waals surface area contributed by atoms with Crippen molar-refractivity contribution in [3.8, 4) is 0 Å². The zero-order valence-corrected chi connectivity index (χ0v) is 9.40. The molecule has 0 aromatic carbocycles. The van der Waals surface area contributed by atoms with Gasteiger partial charge >= 0.3 is 0 Å². The molecular weight excluding hydrogens is 184 g/mol. The molecular formula is C9H20N2OS. The lowest BCUT2D eigenvalue weighted by Gasteiger charge is -2.22. The van der Waals surface area contributed by atoms with Gasteiger partial charge in [-0.05, 0) is 26.9 Å². The molecule has 0 radical (unpaired) electrons. The SMILES string of the molecule is CN[C@@H](C)CN1CCCS(=O)CC1. The molecule has 13 heavy (non-hydrogen) atoms. The van der Waals surface area contributed by atoms with Crippen molar-refractivity contribution < 1.29 is 4.21 Å². The molecule has 1 rings (SSSR count). The van der Waals surface area contributed by atoms with E-state index in [2.05, 4.69) is 17.1 Å². The highest BCUT2D eigenvalue weighted by Gasteiger charge is 2.14. The van der Waals surface area contributed by atoms with Gasteiger partial charge in [-0.2, -0.15) is 0 Å². The van der Waals surface area contributed by atoms with Gasteiger partial charge in [-0.3, -0.25) is 4.21 Å². The fourth-order valence-corrected chi connectivity index (χ4v) is 2.67. The summed E-state index contributed by atoms with van der Waals surface area (Å²) in [6.07, 6.45) is 1.09. The Kier molecular flexibility index (Phi) is 4.91. The van der Waals surface area contributed by atoms with E-state index in [0.717, 1.165) is 37.6 Å². The summed E-state index contributed by atoms with van der Waals surface area (Å²) in [5, 5.41) is 3.23. The van der Waals surface area contributed by atoms with Gasteiger partial charge in [-0.15, -0.1) is 0 Å². The molecule has 0 aromatic rings. The lowest BCUT2D eigenvalue weighted by atomic mass is 10.3. The zero-order valence-electron chi connectivity index (χ0n) is 8.58. The Hall–Kier alpha value is 0.0700. The minimum absolute atomic E-state index is 0.534. The predicted octanol–water partition coefficient (Wildman–Crippen LogP) is 0.0487. The lowest BCUT2D eigenvalue weighted by molar-refractivity contribution is 0.269. The summed E-state index contributed by atoms with van der Waals surface area (Å²) in [7, 11) is 1.43. The molecule has 1 heterocycles. The predicted molar refractivity (Wildman–Crippen MR) is 57.5 cm³/mol. The molecule has 0 aromatic heterocycles. The summed E-state index contributed by atoms with van der Waals surface area (Å²) < 4.78 is 11.3. The summed E-state index contributed by atoms with van der Waals surface area (Å²) in [5.41, 5.74) is 0. The van der Waals surface area contributed by atoms with Gasteiger partial charge in [0.2, 0.25) is 0 Å². The molecule has 0 aliphatic carbocycles. The molecule has 0 saturated carbocycles. The number of hydrogen-bond donors (Lipinski definition) is 1. The molecule has 1 unspecified atom stereocenters. The van der Waals surface area contributed by atoms with E-state index in [1.165, 1.54) is 0 Å². The number of likely N-dealkylation sites (N-methyl/N-ethyl adjacent to an activating group) is 1. The average molecular weight is 204 g/mol. The second kappa shape index (κ2) is 5.73. The third-order valence-electron chi connectivity index (χ3n) is 2.51. The van der Waals surface area contributed by atoms with Crippen molar-refractivity contribution in [1.29, 1.82) is 0 Å². The second-order valence-corrected chi connectivity index (χ2v) is 5.39. The van der Waals surface area contributed by atoms with Gasteiger partial charge in [-0.25, -0.2) is 0 Å². The summed E-state index contributed by atoms with van der Waals surface area (Å²) in [6.45, 7) is 5.37. The molecule has 1 fully saturated rings. The van der Waals surface area contributed by atoms with E-state index in [9.17, 15) is 4.21 Å². The molecule has 2 atom stereocenters. The maximum atomic E-state index is 11.3. The van der Waals surface area contributed by atoms with E-state index in [-0.39, 0.29) is 0 Å². The number of nitrogens with zero attached hydrogens (tertiary/aromatic N) is 1. The van der Waals surface area contributed by atoms with E-state index < -0.39 is 10.8 Å². The molecule has 4 heteroatoms. The van der Waals surface area contributed by atoms with E-state index >= 15 is 0 Å². The van der Waals surface area contributed by atoms with Crippen LogP contribution in [0.15, 0.2) is 0 Å². The van der Waals surface area contributed by atoms with Crippen LogP contribution in [0, 0.1) is 0 Å². The average Bonchev–Trinajstić information content (AvgIpc) is 2.31. The minimum Gasteiger partial charge on any atom is -0.316 e. The van der Waals surface area contributed by atoms with Crippen molar-refractivity contribution in [3.05, 3.63) is 0 Å². The van der Waals surface area contributed by atoms with Crippen LogP contribution in [0.5, 0.6) is 0 Å². The van der Waals surface area contributed by atoms with Gasteiger partial charge in [0.25, 0.3) is 0 Å². The van der Waals surface area contributed by atoms with E-state index in [1.54, 1.807) is 0 Å². The highest BCUT2D eigenvalue weighted by molar-refractivity contribution is 7.85. The van der Waals surface area contributed by atoms with Crippen molar-refractivity contribution >= 4 is 10.8 Å². The van der Waals surface area contributed by atoms with Crippen molar-refractivity contribution in [2.75, 3.05) is 38.2 Å². The highest BCUT2D eigenvalue weighted by Crippen LogP contribution is 2.02. The first-order chi connectivity index (χ1) is 6.22. The van der Waals surface area contributed by atoms with Crippen LogP contribution in [-0.4, -0.2) is 53.3 Å². The van der Waals surface area contributed by atoms with Crippen LogP contribution in [0.4, 0.5) is 0 Å². The minimum atomic E-state index is -0.557. The number of nitrogens with one attached hydrogen (secondary N) is 1. The van der Waals surface area contributed by atoms with Crippen LogP contribution in [-0.2, 0) is 10.8 Å². The van der Waals surface area contributed by atoms with Crippen LogP contribution in [0.1, 0.15) is 13.3 Å². The maximum absolute atomic E-state index is 11.3. The third-order valence-corrected chi connectivity index (χ3v) is 3.89. The highest BCUT2D eigenvalue weighted by atomic mass is 32.2. The molecule has 0 bridgehead atoms. The van der Waals surface area contributed by atoms with Crippen LogP contribution in [0.25, 0.3) is 0 Å². The molecule has 1 N–H and O–H groups in total. The van der Waals surface area contributed by atoms with E-state index in [1.807, 2.05) is 7.05 Å². The van der Waals surface area contributed by atoms with Crippen LogP contribution in [0.2, 0.25) is 0 Å². The molecule has 1 aliphatic rings. The third kappa shape index (κ3) is 4.20. The van der Waals surface area contributed by atoms with Crippen LogP contribution >= 0.6 is 0 Å². The van der Waals surface area contributed by atoms with E-state index in [4.69, 9.17) is 0 Å². The smallest absolute Gasteiger partial charge is 0.0362 e. The largest absolute Gasteiger partial charge is 0.316 e. The Morgan fingerprint density at radius 1 is 1.46 bits per heavy atom. The van der Waals surface area contributed by atoms with Crippen molar-refractivity contribution in [2.45, 2.75) is 19.4 Å². The first-order valence-electron chi connectivity index (χ1n) is 4.97. The molecule has 0 amide bonds. The number of rotatable bonds is 3. The van der Waals surface area contributed by atoms with Crippen molar-refractivity contribution in [3.63, 3.8) is 0 Å². The summed E-state index contributed by atoms with van der Waals surface area (Å²) in [4.78, 5) is 2.41. The zero-order chi connectivity index (χ0) is 9.68. The number of hydrogen-bond acceptors (Lipinski definition) is 3. The van der Waals surface area contributed by atoms with Crippen molar-refractivity contribution in [1.82, 2.24) is 10.2 Å². The van der Waals surface area contributed by atoms with Crippen LogP contribution in [0.3, 0.4) is 0 Å². The Labute approximate surface area is 83.3 Å². The lowest BCUT2D eigenvalue weighted by Crippen LogP contribution is -2.38. The molecule has 3 nitrogen and oxygen atoms in total. The monoisotopic (exact) mass is 204 g/mol. The summed E-state index contributed by atoms with van der Waals surface area (Å²) in [6, 6.07) is 0.534. The fourth-order valence-electron chi connectivity index (χ4n) is 1.56. The first-order valence-corrected chi connectivity index (χ1v) is 6.46. The van der Waals surface area contributed by atoms with E-state index in [0.29, 0.717) is 6.04 Å². The second-order valence-electron chi connectivity index (χ2n) is 3.69. The summed E-state index contributed by atoms with van der Waals surface area (Å²) >= 11 is 0. The summed E-state index contributed by atoms with van der Waals surface area (Å²) in [5.74, 6) is 1.75. The molecule has 0 spiro atoms. The van der Waals surface area contributed by atoms with Gasteiger partial charge in [0, 0.05) is 41.4 Å². The van der Waals surface area contributed by atoms with Gasteiger partial charge in [0.05, 0.1) is 0 Å². The molecule has 1 aliphatic heterocycles. The molecule has 1 saturated heterocycles. The fraction of sp³-hybridized carbons (Fsp3) is 1.00. The Morgan fingerprint density at radius 2 is 2.23 bits per heavy atom. The van der Waals surface area contributed by atoms with Gasteiger partial charge in [-0.1, -0.05) is 0 Å². The standard InChI is InChI=1S/C9H20N2OS/c1-9(10-2)8-11-4-3-6-13(12)7-5-11/h9-10H,3-8H2,1-2H3/t9-,13?/m0/s1. The van der Waals surface area contributed by atoms with Crippen LogP contribution < -0.4 is 5.32 Å². The van der Waals surface area contributed by atoms with Gasteiger partial charge in [0.15, 0.2) is 0 Å².